The van der Waals surface area contributed by atoms with Gasteiger partial charge in [-0.25, -0.2) is 0 Å². The molecular weight excluding hydrogens is 140 g/mol. The fraction of sp³-hybridized carbons (Fsp3) is 1.00. The van der Waals surface area contributed by atoms with E-state index in [2.05, 4.69) is 26.5 Å². The molecule has 1 saturated carbocycles. The molecule has 0 aromatic rings. The zero-order valence-corrected chi connectivity index (χ0v) is 7.95. The van der Waals surface area contributed by atoms with Gasteiger partial charge in [-0.3, -0.25) is 0 Å². The van der Waals surface area contributed by atoms with E-state index in [4.69, 9.17) is 0 Å². The molecule has 0 aromatic heterocycles. The Labute approximate surface area is 69.8 Å². The minimum atomic E-state index is 0.346. The highest BCUT2D eigenvalue weighted by Crippen LogP contribution is 2.37. The summed E-state index contributed by atoms with van der Waals surface area (Å²) in [5.41, 5.74) is 0. The normalized spacial score (nSPS) is 41.7. The lowest BCUT2D eigenvalue weighted by Gasteiger charge is -2.33. The minimum Gasteiger partial charge on any atom is -0.173 e. The summed E-state index contributed by atoms with van der Waals surface area (Å²) in [7, 11) is 0. The highest BCUT2D eigenvalue weighted by atomic mass is 32.1. The van der Waals surface area contributed by atoms with Crippen LogP contribution in [-0.2, 0) is 0 Å². The van der Waals surface area contributed by atoms with Gasteiger partial charge in [-0.05, 0) is 18.8 Å². The number of hydrogen-bond acceptors (Lipinski definition) is 1. The van der Waals surface area contributed by atoms with Crippen molar-refractivity contribution in [2.75, 3.05) is 0 Å². The van der Waals surface area contributed by atoms with E-state index in [-0.39, 0.29) is 0 Å². The zero-order chi connectivity index (χ0) is 7.61. The van der Waals surface area contributed by atoms with E-state index < -0.39 is 0 Å². The Morgan fingerprint density at radius 2 is 2.30 bits per heavy atom. The third-order valence-electron chi connectivity index (χ3n) is 2.63. The Kier molecular flexibility index (Phi) is 2.67. The highest BCUT2D eigenvalue weighted by molar-refractivity contribution is 7.81. The molecule has 0 heterocycles. The van der Waals surface area contributed by atoms with Gasteiger partial charge in [0.2, 0.25) is 0 Å². The first-order valence-corrected chi connectivity index (χ1v) is 4.81. The van der Waals surface area contributed by atoms with Crippen molar-refractivity contribution in [3.05, 3.63) is 0 Å². The van der Waals surface area contributed by atoms with E-state index in [1.54, 1.807) is 0 Å². The minimum absolute atomic E-state index is 0.346. The molecule has 0 aliphatic heterocycles. The van der Waals surface area contributed by atoms with Gasteiger partial charge in [-0.1, -0.05) is 33.1 Å². The molecule has 1 rings (SSSR count). The van der Waals surface area contributed by atoms with E-state index in [0.717, 1.165) is 5.92 Å². The van der Waals surface area contributed by atoms with Gasteiger partial charge in [-0.15, -0.1) is 0 Å². The molecule has 0 nitrogen and oxygen atoms in total. The predicted molar refractivity (Wildman–Crippen MR) is 49.6 cm³/mol. The Morgan fingerprint density at radius 1 is 1.60 bits per heavy atom. The molecule has 0 aromatic carbocycles. The fourth-order valence-electron chi connectivity index (χ4n) is 1.95. The van der Waals surface area contributed by atoms with Crippen molar-refractivity contribution >= 4 is 12.6 Å². The van der Waals surface area contributed by atoms with Crippen molar-refractivity contribution in [1.82, 2.24) is 0 Å². The maximum atomic E-state index is 4.63. The van der Waals surface area contributed by atoms with Crippen molar-refractivity contribution < 1.29 is 0 Å². The summed E-state index contributed by atoms with van der Waals surface area (Å²) >= 11 is 4.63. The topological polar surface area (TPSA) is 0 Å². The first kappa shape index (κ1) is 8.45. The van der Waals surface area contributed by atoms with Crippen LogP contribution >= 0.6 is 12.6 Å². The second kappa shape index (κ2) is 3.17. The van der Waals surface area contributed by atoms with Crippen molar-refractivity contribution in [3.8, 4) is 0 Å². The zero-order valence-electron chi connectivity index (χ0n) is 7.06. The summed E-state index contributed by atoms with van der Waals surface area (Å²) in [6.45, 7) is 4.57. The molecule has 0 radical (unpaired) electrons. The fourth-order valence-corrected chi connectivity index (χ4v) is 2.36. The monoisotopic (exact) mass is 158 g/mol. The maximum absolute atomic E-state index is 4.63. The molecule has 1 aliphatic carbocycles. The van der Waals surface area contributed by atoms with E-state index in [1.165, 1.54) is 32.1 Å². The summed E-state index contributed by atoms with van der Waals surface area (Å²) < 4.78 is 0.346. The van der Waals surface area contributed by atoms with E-state index in [1.807, 2.05) is 0 Å². The lowest BCUT2D eigenvalue weighted by atomic mass is 9.80. The molecule has 0 spiro atoms. The third kappa shape index (κ3) is 2.19. The predicted octanol–water partition coefficient (Wildman–Crippen LogP) is 3.28. The van der Waals surface area contributed by atoms with Gasteiger partial charge < -0.3 is 0 Å². The summed E-state index contributed by atoms with van der Waals surface area (Å²) in [4.78, 5) is 0. The molecule has 1 fully saturated rings. The van der Waals surface area contributed by atoms with Crippen LogP contribution in [-0.4, -0.2) is 4.75 Å². The van der Waals surface area contributed by atoms with Crippen LogP contribution in [0, 0.1) is 5.92 Å². The summed E-state index contributed by atoms with van der Waals surface area (Å²) in [6, 6.07) is 0. The summed E-state index contributed by atoms with van der Waals surface area (Å²) in [5, 5.41) is 0. The molecule has 0 bridgehead atoms. The molecular formula is C9H18S. The third-order valence-corrected chi connectivity index (χ3v) is 3.04. The van der Waals surface area contributed by atoms with Crippen LogP contribution in [0.3, 0.4) is 0 Å². The van der Waals surface area contributed by atoms with Gasteiger partial charge in [0.05, 0.1) is 0 Å². The standard InChI is InChI=1S/C9H18S/c1-3-8-5-4-6-9(2,10)7-8/h8,10H,3-7H2,1-2H3. The van der Waals surface area contributed by atoms with Crippen LogP contribution in [0.1, 0.15) is 46.0 Å². The van der Waals surface area contributed by atoms with Crippen molar-refractivity contribution in [1.29, 1.82) is 0 Å². The molecule has 60 valence electrons. The number of rotatable bonds is 1. The quantitative estimate of drug-likeness (QED) is 0.556. The molecule has 0 amide bonds. The first-order chi connectivity index (χ1) is 4.64. The van der Waals surface area contributed by atoms with Gasteiger partial charge in [0, 0.05) is 4.75 Å². The van der Waals surface area contributed by atoms with Gasteiger partial charge >= 0.3 is 0 Å². The van der Waals surface area contributed by atoms with Crippen LogP contribution < -0.4 is 0 Å². The Morgan fingerprint density at radius 3 is 2.70 bits per heavy atom. The average Bonchev–Trinajstić information content (AvgIpc) is 1.86. The van der Waals surface area contributed by atoms with Crippen LogP contribution in [0.15, 0.2) is 0 Å². The lowest BCUT2D eigenvalue weighted by molar-refractivity contribution is 0.303. The molecule has 2 unspecified atom stereocenters. The van der Waals surface area contributed by atoms with Crippen molar-refractivity contribution in [3.63, 3.8) is 0 Å². The van der Waals surface area contributed by atoms with E-state index in [9.17, 15) is 0 Å². The van der Waals surface area contributed by atoms with E-state index >= 15 is 0 Å². The Bertz CT molecular complexity index is 107. The average molecular weight is 158 g/mol. The van der Waals surface area contributed by atoms with E-state index in [0.29, 0.717) is 4.75 Å². The van der Waals surface area contributed by atoms with Crippen LogP contribution in [0.4, 0.5) is 0 Å². The van der Waals surface area contributed by atoms with Crippen molar-refractivity contribution in [2.24, 2.45) is 5.92 Å². The second-order valence-electron chi connectivity index (χ2n) is 3.87. The molecule has 10 heavy (non-hydrogen) atoms. The number of thiol groups is 1. The summed E-state index contributed by atoms with van der Waals surface area (Å²) in [6.07, 6.45) is 6.81. The van der Waals surface area contributed by atoms with Crippen LogP contribution in [0.5, 0.6) is 0 Å². The largest absolute Gasteiger partial charge is 0.173 e. The molecule has 1 heteroatoms. The highest BCUT2D eigenvalue weighted by Gasteiger charge is 2.27. The van der Waals surface area contributed by atoms with Gasteiger partial charge in [0.25, 0.3) is 0 Å². The van der Waals surface area contributed by atoms with Crippen LogP contribution in [0.2, 0.25) is 0 Å². The number of hydrogen-bond donors (Lipinski definition) is 1. The second-order valence-corrected chi connectivity index (χ2v) is 4.95. The van der Waals surface area contributed by atoms with Gasteiger partial charge in [0.1, 0.15) is 0 Å². The smallest absolute Gasteiger partial charge is 0.0104 e. The van der Waals surface area contributed by atoms with Gasteiger partial charge in [0.15, 0.2) is 0 Å². The maximum Gasteiger partial charge on any atom is 0.0104 e. The Hall–Kier alpha value is 0.350. The first-order valence-electron chi connectivity index (χ1n) is 4.36. The Balaban J connectivity index is 2.40. The van der Waals surface area contributed by atoms with Crippen LogP contribution in [0.25, 0.3) is 0 Å². The lowest BCUT2D eigenvalue weighted by Crippen LogP contribution is -2.25. The molecule has 0 saturated heterocycles. The SMILES string of the molecule is CCC1CCCC(C)(S)C1. The molecule has 1 aliphatic rings. The van der Waals surface area contributed by atoms with Gasteiger partial charge in [-0.2, -0.15) is 12.6 Å². The van der Waals surface area contributed by atoms with Crippen molar-refractivity contribution in [2.45, 2.75) is 50.7 Å². The molecule has 2 atom stereocenters. The summed E-state index contributed by atoms with van der Waals surface area (Å²) in [5.74, 6) is 0.955. The molecule has 0 N–H and O–H groups in total.